The Balaban J connectivity index is 2.39. The van der Waals surface area contributed by atoms with Crippen LogP contribution < -0.4 is 5.32 Å². The van der Waals surface area contributed by atoms with Crippen molar-refractivity contribution in [2.45, 2.75) is 13.8 Å². The summed E-state index contributed by atoms with van der Waals surface area (Å²) in [6.45, 7) is 5.24. The second-order valence-corrected chi connectivity index (χ2v) is 5.04. The van der Waals surface area contributed by atoms with Crippen LogP contribution in [0.2, 0.25) is 5.02 Å². The fourth-order valence-electron chi connectivity index (χ4n) is 2.19. The highest BCUT2D eigenvalue weighted by Gasteiger charge is 2.19. The van der Waals surface area contributed by atoms with Crippen LogP contribution in [0, 0.1) is 0 Å². The smallest absolute Gasteiger partial charge is 0.257 e. The fraction of sp³-hybridized carbons (Fsp3) is 0.235. The molecule has 110 valence electrons. The fourth-order valence-corrected chi connectivity index (χ4v) is 2.45. The van der Waals surface area contributed by atoms with E-state index in [1.165, 1.54) is 0 Å². The van der Waals surface area contributed by atoms with Crippen LogP contribution >= 0.6 is 11.6 Å². The molecule has 2 aromatic rings. The van der Waals surface area contributed by atoms with Gasteiger partial charge in [-0.05, 0) is 38.1 Å². The molecule has 1 N–H and O–H groups in total. The first-order valence-corrected chi connectivity index (χ1v) is 7.45. The van der Waals surface area contributed by atoms with Crippen molar-refractivity contribution in [2.24, 2.45) is 0 Å². The van der Waals surface area contributed by atoms with E-state index in [2.05, 4.69) is 5.32 Å². The summed E-state index contributed by atoms with van der Waals surface area (Å²) in [5, 5.41) is 3.73. The Morgan fingerprint density at radius 1 is 1.05 bits per heavy atom. The van der Waals surface area contributed by atoms with Crippen LogP contribution in [0.25, 0.3) is 0 Å². The van der Waals surface area contributed by atoms with Crippen molar-refractivity contribution < 1.29 is 4.79 Å². The van der Waals surface area contributed by atoms with Crippen LogP contribution in [0.15, 0.2) is 48.5 Å². The number of nitrogens with one attached hydrogen (secondary N) is 1. The van der Waals surface area contributed by atoms with Gasteiger partial charge >= 0.3 is 0 Å². The normalized spacial score (nSPS) is 10.2. The molecule has 0 aliphatic rings. The van der Waals surface area contributed by atoms with E-state index >= 15 is 0 Å². The highest BCUT2D eigenvalue weighted by Crippen LogP contribution is 2.28. The lowest BCUT2D eigenvalue weighted by Gasteiger charge is -2.21. The van der Waals surface area contributed by atoms with Crippen molar-refractivity contribution in [1.29, 1.82) is 0 Å². The maximum Gasteiger partial charge on any atom is 0.257 e. The number of amides is 1. The zero-order chi connectivity index (χ0) is 15.2. The number of carbonyl (C=O) groups is 1. The molecule has 0 aliphatic heterocycles. The van der Waals surface area contributed by atoms with Gasteiger partial charge in [0.1, 0.15) is 0 Å². The lowest BCUT2D eigenvalue weighted by atomic mass is 10.1. The van der Waals surface area contributed by atoms with Crippen LogP contribution in [-0.4, -0.2) is 23.9 Å². The predicted octanol–water partition coefficient (Wildman–Crippen LogP) is 4.57. The molecule has 0 aliphatic carbocycles. The molecule has 3 nitrogen and oxygen atoms in total. The highest BCUT2D eigenvalue weighted by molar-refractivity contribution is 6.34. The number of rotatable bonds is 5. The Kier molecular flexibility index (Phi) is 5.23. The minimum atomic E-state index is -0.0518. The third kappa shape index (κ3) is 3.56. The number of anilines is 2. The van der Waals surface area contributed by atoms with Gasteiger partial charge in [0, 0.05) is 18.8 Å². The van der Waals surface area contributed by atoms with Crippen LogP contribution in [0.4, 0.5) is 11.4 Å². The van der Waals surface area contributed by atoms with Crippen LogP contribution in [-0.2, 0) is 0 Å². The van der Waals surface area contributed by atoms with Crippen LogP contribution in [0.3, 0.4) is 0 Å². The van der Waals surface area contributed by atoms with Gasteiger partial charge in [0.05, 0.1) is 16.3 Å². The van der Waals surface area contributed by atoms with Gasteiger partial charge in [-0.2, -0.15) is 0 Å². The van der Waals surface area contributed by atoms with Gasteiger partial charge in [-0.3, -0.25) is 4.79 Å². The van der Waals surface area contributed by atoms with E-state index in [4.69, 9.17) is 11.6 Å². The van der Waals surface area contributed by atoms with Crippen molar-refractivity contribution in [3.63, 3.8) is 0 Å². The van der Waals surface area contributed by atoms with E-state index in [0.717, 1.165) is 11.4 Å². The average molecular weight is 303 g/mol. The number of nitrogens with zero attached hydrogens (tertiary/aromatic N) is 1. The molecule has 0 bridgehead atoms. The summed E-state index contributed by atoms with van der Waals surface area (Å²) in [7, 11) is 0. The van der Waals surface area contributed by atoms with E-state index in [1.807, 2.05) is 56.3 Å². The topological polar surface area (TPSA) is 32.3 Å². The monoisotopic (exact) mass is 302 g/mol. The van der Waals surface area contributed by atoms with Crippen molar-refractivity contribution in [3.05, 3.63) is 59.1 Å². The van der Waals surface area contributed by atoms with Crippen molar-refractivity contribution in [1.82, 2.24) is 4.90 Å². The minimum absolute atomic E-state index is 0.0518. The summed E-state index contributed by atoms with van der Waals surface area (Å²) in [6.07, 6.45) is 0. The maximum atomic E-state index is 12.6. The molecular formula is C17H19ClN2O. The van der Waals surface area contributed by atoms with Gasteiger partial charge in [-0.15, -0.1) is 0 Å². The largest absolute Gasteiger partial charge is 0.355 e. The Bertz CT molecular complexity index is 609. The Morgan fingerprint density at radius 3 is 2.33 bits per heavy atom. The van der Waals surface area contributed by atoms with E-state index < -0.39 is 0 Å². The van der Waals surface area contributed by atoms with Crippen LogP contribution in [0.5, 0.6) is 0 Å². The summed E-state index contributed by atoms with van der Waals surface area (Å²) in [6, 6.07) is 15.2. The Hall–Kier alpha value is -2.00. The number of para-hydroxylation sites is 1. The van der Waals surface area contributed by atoms with Gasteiger partial charge in [-0.1, -0.05) is 35.9 Å². The molecule has 0 radical (unpaired) electrons. The van der Waals surface area contributed by atoms with E-state index in [9.17, 15) is 4.79 Å². The zero-order valence-electron chi connectivity index (χ0n) is 12.3. The molecule has 0 fully saturated rings. The first kappa shape index (κ1) is 15.4. The molecule has 0 atom stereocenters. The molecular weight excluding hydrogens is 284 g/mol. The first-order chi connectivity index (χ1) is 10.2. The minimum Gasteiger partial charge on any atom is -0.355 e. The van der Waals surface area contributed by atoms with Crippen molar-refractivity contribution in [3.8, 4) is 0 Å². The quantitative estimate of drug-likeness (QED) is 0.877. The summed E-state index contributed by atoms with van der Waals surface area (Å²) in [4.78, 5) is 14.4. The summed E-state index contributed by atoms with van der Waals surface area (Å²) >= 11 is 6.26. The number of carbonyl (C=O) groups excluding carboxylic acids is 1. The lowest BCUT2D eigenvalue weighted by Crippen LogP contribution is -2.31. The number of hydrogen-bond donors (Lipinski definition) is 1. The molecule has 0 saturated heterocycles. The molecule has 0 saturated carbocycles. The first-order valence-electron chi connectivity index (χ1n) is 7.07. The molecule has 4 heteroatoms. The highest BCUT2D eigenvalue weighted by atomic mass is 35.5. The third-order valence-electron chi connectivity index (χ3n) is 3.33. The predicted molar refractivity (Wildman–Crippen MR) is 88.4 cm³/mol. The Morgan fingerprint density at radius 2 is 1.71 bits per heavy atom. The SMILES string of the molecule is CCN(CC)C(=O)c1c(Cl)cccc1Nc1ccccc1. The molecule has 21 heavy (non-hydrogen) atoms. The standard InChI is InChI=1S/C17H19ClN2O/c1-3-20(4-2)17(21)16-14(18)11-8-12-15(16)19-13-9-6-5-7-10-13/h5-12,19H,3-4H2,1-2H3. The number of halogens is 1. The van der Waals surface area contributed by atoms with Crippen LogP contribution in [0.1, 0.15) is 24.2 Å². The van der Waals surface area contributed by atoms with Crippen molar-refractivity contribution in [2.75, 3.05) is 18.4 Å². The number of hydrogen-bond acceptors (Lipinski definition) is 2. The summed E-state index contributed by atoms with van der Waals surface area (Å²) in [5.74, 6) is -0.0518. The molecule has 2 aromatic carbocycles. The second-order valence-electron chi connectivity index (χ2n) is 4.63. The maximum absolute atomic E-state index is 12.6. The molecule has 0 spiro atoms. The lowest BCUT2D eigenvalue weighted by molar-refractivity contribution is 0.0774. The molecule has 1 amide bonds. The molecule has 2 rings (SSSR count). The summed E-state index contributed by atoms with van der Waals surface area (Å²) in [5.41, 5.74) is 2.17. The third-order valence-corrected chi connectivity index (χ3v) is 3.65. The van der Waals surface area contributed by atoms with Gasteiger partial charge in [0.2, 0.25) is 0 Å². The summed E-state index contributed by atoms with van der Waals surface area (Å²) < 4.78 is 0. The van der Waals surface area contributed by atoms with E-state index in [1.54, 1.807) is 11.0 Å². The molecule has 0 heterocycles. The van der Waals surface area contributed by atoms with Gasteiger partial charge in [0.25, 0.3) is 5.91 Å². The molecule has 0 unspecified atom stereocenters. The second kappa shape index (κ2) is 7.14. The van der Waals surface area contributed by atoms with Gasteiger partial charge in [0.15, 0.2) is 0 Å². The Labute approximate surface area is 130 Å². The van der Waals surface area contributed by atoms with E-state index in [0.29, 0.717) is 23.7 Å². The average Bonchev–Trinajstić information content (AvgIpc) is 2.49. The van der Waals surface area contributed by atoms with Crippen molar-refractivity contribution >= 4 is 28.9 Å². The zero-order valence-corrected chi connectivity index (χ0v) is 13.0. The van der Waals surface area contributed by atoms with Gasteiger partial charge in [-0.25, -0.2) is 0 Å². The van der Waals surface area contributed by atoms with E-state index in [-0.39, 0.29) is 5.91 Å². The van der Waals surface area contributed by atoms with Gasteiger partial charge < -0.3 is 10.2 Å². The number of benzene rings is 2. The molecule has 0 aromatic heterocycles.